The van der Waals surface area contributed by atoms with Crippen molar-refractivity contribution in [1.29, 1.82) is 0 Å². The van der Waals surface area contributed by atoms with Crippen molar-refractivity contribution in [2.45, 2.75) is 25.0 Å². The van der Waals surface area contributed by atoms with Crippen LogP contribution in [-0.4, -0.2) is 11.5 Å². The highest BCUT2D eigenvalue weighted by atomic mass is 16.6. The second kappa shape index (κ2) is 5.06. The second-order valence-electron chi connectivity index (χ2n) is 6.33. The number of rotatable bonds is 2. The third kappa shape index (κ3) is 2.04. The van der Waals surface area contributed by atoms with Crippen LogP contribution in [0, 0.1) is 16.0 Å². The molecule has 3 unspecified atom stereocenters. The van der Waals surface area contributed by atoms with Gasteiger partial charge in [0.15, 0.2) is 0 Å². The highest BCUT2D eigenvalue weighted by Gasteiger charge is 2.51. The molecule has 5 nitrogen and oxygen atoms in total. The maximum atomic E-state index is 11.4. The van der Waals surface area contributed by atoms with Crippen LogP contribution in [0.1, 0.15) is 30.5 Å². The molecule has 2 heterocycles. The van der Waals surface area contributed by atoms with Gasteiger partial charge in [-0.3, -0.25) is 10.1 Å². The first kappa shape index (κ1) is 14.2. The lowest BCUT2D eigenvalue weighted by Crippen LogP contribution is -2.40. The summed E-state index contributed by atoms with van der Waals surface area (Å²) >= 11 is 0. The van der Waals surface area contributed by atoms with E-state index in [2.05, 4.69) is 18.3 Å². The number of nitrogens with zero attached hydrogens (tertiary/aromatic N) is 1. The number of nitro benzene ring substituents is 1. The Morgan fingerprint density at radius 1 is 1.22 bits per heavy atom. The van der Waals surface area contributed by atoms with Gasteiger partial charge < -0.3 is 10.1 Å². The number of nitrogens with one attached hydrogen (secondary N) is 1. The second-order valence-corrected chi connectivity index (χ2v) is 6.33. The number of anilines is 1. The molecule has 2 aromatic carbocycles. The van der Waals surface area contributed by atoms with Gasteiger partial charge in [0.05, 0.1) is 22.1 Å². The van der Waals surface area contributed by atoms with Crippen molar-refractivity contribution in [2.24, 2.45) is 5.92 Å². The third-order valence-electron chi connectivity index (χ3n) is 5.18. The molecule has 2 aromatic rings. The molecule has 1 fully saturated rings. The predicted molar refractivity (Wildman–Crippen MR) is 87.3 cm³/mol. The summed E-state index contributed by atoms with van der Waals surface area (Å²) in [5, 5.41) is 14.9. The van der Waals surface area contributed by atoms with Crippen molar-refractivity contribution in [1.82, 2.24) is 0 Å². The van der Waals surface area contributed by atoms with E-state index in [0.29, 0.717) is 6.61 Å². The van der Waals surface area contributed by atoms with E-state index in [9.17, 15) is 10.1 Å². The first-order valence-electron chi connectivity index (χ1n) is 7.84. The summed E-state index contributed by atoms with van der Waals surface area (Å²) in [6, 6.07) is 14.9. The van der Waals surface area contributed by atoms with Crippen molar-refractivity contribution in [3.8, 4) is 0 Å². The molecule has 0 radical (unpaired) electrons. The lowest BCUT2D eigenvalue weighted by molar-refractivity contribution is -0.385. The smallest absolute Gasteiger partial charge is 0.274 e. The molecule has 0 aromatic heterocycles. The molecule has 0 bridgehead atoms. The van der Waals surface area contributed by atoms with Crippen molar-refractivity contribution >= 4 is 11.4 Å². The van der Waals surface area contributed by atoms with E-state index in [1.807, 2.05) is 30.3 Å². The van der Waals surface area contributed by atoms with Crippen molar-refractivity contribution in [3.63, 3.8) is 0 Å². The van der Waals surface area contributed by atoms with Gasteiger partial charge in [-0.25, -0.2) is 0 Å². The van der Waals surface area contributed by atoms with Gasteiger partial charge in [0.1, 0.15) is 0 Å². The lowest BCUT2D eigenvalue weighted by Gasteiger charge is -2.43. The Morgan fingerprint density at radius 2 is 1.96 bits per heavy atom. The van der Waals surface area contributed by atoms with E-state index < -0.39 is 5.60 Å². The minimum atomic E-state index is -0.407. The Bertz CT molecular complexity index is 776. The van der Waals surface area contributed by atoms with E-state index in [1.54, 1.807) is 12.1 Å². The molecule has 0 spiro atoms. The number of ether oxygens (including phenoxy) is 1. The van der Waals surface area contributed by atoms with Gasteiger partial charge in [-0.15, -0.1) is 0 Å². The fraction of sp³-hybridized carbons (Fsp3) is 0.333. The summed E-state index contributed by atoms with van der Waals surface area (Å²) in [6.45, 7) is 2.78. The molecule has 0 aliphatic carbocycles. The molecule has 3 atom stereocenters. The average Bonchev–Trinajstić information content (AvgIpc) is 2.97. The zero-order valence-electron chi connectivity index (χ0n) is 12.9. The van der Waals surface area contributed by atoms with E-state index in [-0.39, 0.29) is 22.6 Å². The molecule has 4 rings (SSSR count). The number of hydrogen-bond donors (Lipinski definition) is 1. The zero-order valence-corrected chi connectivity index (χ0v) is 12.9. The molecule has 2 aliphatic heterocycles. The number of para-hydroxylation sites is 2. The molecular formula is C18H18N2O3. The van der Waals surface area contributed by atoms with Gasteiger partial charge in [0.25, 0.3) is 5.69 Å². The maximum Gasteiger partial charge on any atom is 0.274 e. The Kier molecular flexibility index (Phi) is 3.13. The average molecular weight is 310 g/mol. The van der Waals surface area contributed by atoms with Crippen LogP contribution in [0.3, 0.4) is 0 Å². The highest BCUT2D eigenvalue weighted by molar-refractivity contribution is 5.60. The predicted octanol–water partition coefficient (Wildman–Crippen LogP) is 4.01. The van der Waals surface area contributed by atoms with Crippen LogP contribution in [0.15, 0.2) is 48.5 Å². The Balaban J connectivity index is 1.87. The summed E-state index contributed by atoms with van der Waals surface area (Å²) in [6.07, 6.45) is 0.883. The normalized spacial score (nSPS) is 28.6. The van der Waals surface area contributed by atoms with Gasteiger partial charge in [0.2, 0.25) is 0 Å². The maximum absolute atomic E-state index is 11.4. The highest BCUT2D eigenvalue weighted by Crippen LogP contribution is 2.54. The number of nitro groups is 1. The Hall–Kier alpha value is -2.40. The van der Waals surface area contributed by atoms with E-state index >= 15 is 0 Å². The Labute approximate surface area is 134 Å². The van der Waals surface area contributed by atoms with Gasteiger partial charge in [-0.2, -0.15) is 0 Å². The Morgan fingerprint density at radius 3 is 2.78 bits per heavy atom. The number of benzene rings is 2. The van der Waals surface area contributed by atoms with Gasteiger partial charge in [-0.1, -0.05) is 36.4 Å². The summed E-state index contributed by atoms with van der Waals surface area (Å²) in [5.74, 6) is 0.165. The monoisotopic (exact) mass is 310 g/mol. The molecule has 118 valence electrons. The lowest BCUT2D eigenvalue weighted by atomic mass is 9.72. The number of hydrogen-bond acceptors (Lipinski definition) is 4. The molecule has 1 saturated heterocycles. The van der Waals surface area contributed by atoms with Gasteiger partial charge in [0, 0.05) is 29.8 Å². The van der Waals surface area contributed by atoms with Crippen LogP contribution in [0.25, 0.3) is 0 Å². The topological polar surface area (TPSA) is 64.4 Å². The zero-order chi connectivity index (χ0) is 16.0. The fourth-order valence-electron chi connectivity index (χ4n) is 4.06. The summed E-state index contributed by atoms with van der Waals surface area (Å²) in [4.78, 5) is 11.1. The molecule has 0 amide bonds. The van der Waals surface area contributed by atoms with Crippen molar-refractivity contribution in [2.75, 3.05) is 11.9 Å². The molecule has 5 heteroatoms. The van der Waals surface area contributed by atoms with Crippen LogP contribution in [0.2, 0.25) is 0 Å². The van der Waals surface area contributed by atoms with Crippen LogP contribution in [0.5, 0.6) is 0 Å². The molecule has 23 heavy (non-hydrogen) atoms. The third-order valence-corrected chi connectivity index (χ3v) is 5.18. The van der Waals surface area contributed by atoms with Crippen molar-refractivity contribution in [3.05, 3.63) is 69.8 Å². The van der Waals surface area contributed by atoms with Crippen LogP contribution < -0.4 is 5.32 Å². The van der Waals surface area contributed by atoms with Gasteiger partial charge in [-0.05, 0) is 19.4 Å². The fourth-order valence-corrected chi connectivity index (χ4v) is 4.06. The van der Waals surface area contributed by atoms with Crippen molar-refractivity contribution < 1.29 is 9.66 Å². The largest absolute Gasteiger partial charge is 0.377 e. The van der Waals surface area contributed by atoms with E-state index in [0.717, 1.165) is 23.2 Å². The minimum absolute atomic E-state index is 0.126. The molecular weight excluding hydrogens is 292 g/mol. The summed E-state index contributed by atoms with van der Waals surface area (Å²) in [5.41, 5.74) is 2.62. The van der Waals surface area contributed by atoms with Crippen LogP contribution in [0.4, 0.5) is 11.4 Å². The van der Waals surface area contributed by atoms with E-state index in [1.165, 1.54) is 0 Å². The van der Waals surface area contributed by atoms with Crippen LogP contribution in [-0.2, 0) is 10.3 Å². The van der Waals surface area contributed by atoms with E-state index in [4.69, 9.17) is 4.74 Å². The quantitative estimate of drug-likeness (QED) is 0.672. The number of fused-ring (bicyclic) bond motifs is 3. The summed E-state index contributed by atoms with van der Waals surface area (Å²) in [7, 11) is 0. The first-order valence-corrected chi connectivity index (χ1v) is 7.84. The molecule has 2 aliphatic rings. The minimum Gasteiger partial charge on any atom is -0.377 e. The van der Waals surface area contributed by atoms with Gasteiger partial charge >= 0.3 is 0 Å². The molecule has 1 N–H and O–H groups in total. The SMILES string of the molecule is CC12OCCC1C(c1ccccc1[N+](=O)[O-])Nc1ccccc12. The standard InChI is InChI=1S/C18H18N2O3/c1-18-13-7-3-4-8-15(13)19-17(14(18)10-11-23-18)12-6-2-5-9-16(12)20(21)22/h2-9,14,17,19H,10-11H2,1H3. The molecule has 0 saturated carbocycles. The van der Waals surface area contributed by atoms with Crippen LogP contribution >= 0.6 is 0 Å². The summed E-state index contributed by atoms with van der Waals surface area (Å²) < 4.78 is 6.11. The first-order chi connectivity index (χ1) is 11.1.